The number of aromatic amines is 1. The Morgan fingerprint density at radius 3 is 1.68 bits per heavy atom. The lowest BCUT2D eigenvalue weighted by molar-refractivity contribution is -0.137. The number of para-hydroxylation sites is 1. The lowest BCUT2D eigenvalue weighted by Crippen LogP contribution is -2.39. The van der Waals surface area contributed by atoms with E-state index in [2.05, 4.69) is 120 Å². The number of tetrazole rings is 1. The highest BCUT2D eigenvalue weighted by molar-refractivity contribution is 7.92. The minimum atomic E-state index is -4.40. The minimum Gasteiger partial charge on any atom is -0.507 e. The van der Waals surface area contributed by atoms with Gasteiger partial charge in [-0.1, -0.05) is 143 Å². The zero-order valence-corrected chi connectivity index (χ0v) is 67.9. The summed E-state index contributed by atoms with van der Waals surface area (Å²) in [7, 11) is 1.72. The number of carbonyl (C=O) groups excluding carboxylic acids is 5. The van der Waals surface area contributed by atoms with Crippen LogP contribution in [0.5, 0.6) is 11.5 Å². The Morgan fingerprint density at radius 2 is 1.23 bits per heavy atom. The van der Waals surface area contributed by atoms with Gasteiger partial charge >= 0.3 is 12.2 Å². The van der Waals surface area contributed by atoms with E-state index in [9.17, 15) is 50.7 Å². The predicted octanol–water partition coefficient (Wildman–Crippen LogP) is 14.3. The zero-order valence-electron chi connectivity index (χ0n) is 66.3. The second-order valence-electron chi connectivity index (χ2n) is 26.9. The summed E-state index contributed by atoms with van der Waals surface area (Å²) in [5.41, 5.74) is 7.45. The van der Waals surface area contributed by atoms with E-state index >= 15 is 0 Å². The predicted molar refractivity (Wildman–Crippen MR) is 436 cm³/mol. The first kappa shape index (κ1) is 94.4. The molecule has 0 unspecified atom stereocenters. The molecule has 9 aromatic rings. The van der Waals surface area contributed by atoms with E-state index in [-0.39, 0.29) is 58.8 Å². The van der Waals surface area contributed by atoms with Crippen LogP contribution in [0.4, 0.5) is 29.6 Å². The second-order valence-corrected chi connectivity index (χ2v) is 29.9. The monoisotopic (exact) mass is 1570 g/mol. The number of aliphatic imine (C=N–C) groups is 2. The molecule has 30 heteroatoms. The molecule has 0 atom stereocenters. The molecule has 25 nitrogen and oxygen atoms in total. The smallest absolute Gasteiger partial charge is 0.416 e. The Labute approximate surface area is 653 Å². The average Bonchev–Trinajstić information content (AvgIpc) is 1.44. The molecule has 5 heterocycles. The third-order valence-corrected chi connectivity index (χ3v) is 16.4. The number of carbonyl (C=O) groups is 5. The number of hydrogen-bond acceptors (Lipinski definition) is 21. The maximum Gasteiger partial charge on any atom is 0.416 e. The van der Waals surface area contributed by atoms with Crippen LogP contribution in [0.15, 0.2) is 162 Å². The molecular weight excluding hydrogens is 1470 g/mol. The number of H-pyrrole nitrogens is 1. The number of aromatic hydroxyl groups is 1. The van der Waals surface area contributed by atoms with E-state index in [1.54, 1.807) is 68.7 Å². The normalized spacial score (nSPS) is 12.7. The van der Waals surface area contributed by atoms with Gasteiger partial charge < -0.3 is 39.8 Å². The van der Waals surface area contributed by atoms with Gasteiger partial charge in [-0.25, -0.2) is 28.2 Å². The van der Waals surface area contributed by atoms with Gasteiger partial charge in [0.25, 0.3) is 0 Å². The van der Waals surface area contributed by atoms with Crippen molar-refractivity contribution in [1.82, 2.24) is 50.7 Å². The number of nitrogens with zero attached hydrogens (tertiary/aromatic N) is 10. The van der Waals surface area contributed by atoms with Crippen LogP contribution < -0.4 is 20.1 Å². The number of thiazole rings is 1. The van der Waals surface area contributed by atoms with Crippen LogP contribution >= 0.6 is 11.3 Å². The SMILES string of the molecule is CC(=O)CN=Cc1cc(C(C)(C)C)c(O)c(C(C)(C)C)c1.CC(=O)CN=Cc1ccc(C)cc1.CC(=O)N1CCOCC1.CC(=O)c1ccccc1.CN1CCOCC1.CNC(=O)Nc1cccc(C(F)(F)F)c1.COc1ccc(/C=C/c2ccnc(NS(C)(=O)=O)n2)cc1.Cc1nc2ccccc2s1.Cc1nn[nH]n1. The molecule has 0 spiro atoms. The van der Waals surface area contributed by atoms with E-state index in [4.69, 9.17) is 14.2 Å². The molecule has 3 aromatic heterocycles. The molecule has 111 heavy (non-hydrogen) atoms. The first-order valence-electron chi connectivity index (χ1n) is 35.2. The molecule has 2 saturated heterocycles. The second kappa shape index (κ2) is 48.7. The van der Waals surface area contributed by atoms with Crippen LogP contribution in [0.2, 0.25) is 0 Å². The molecule has 2 fully saturated rings. The van der Waals surface area contributed by atoms with Gasteiger partial charge in [-0.3, -0.25) is 33.9 Å². The number of urea groups is 1. The number of Topliss-reactive ketones (excluding diaryl/α,β-unsaturated/α-hetero) is 3. The number of nitrogens with one attached hydrogen (secondary N) is 4. The molecule has 2 aliphatic rings. The molecule has 5 N–H and O–H groups in total. The topological polar surface area (TPSA) is 328 Å². The van der Waals surface area contributed by atoms with Gasteiger partial charge in [0.05, 0.1) is 79.4 Å². The summed E-state index contributed by atoms with van der Waals surface area (Å²) in [6.07, 6.45) is 5.22. The van der Waals surface area contributed by atoms with Gasteiger partial charge in [0.1, 0.15) is 11.5 Å². The number of amides is 3. The molecule has 0 aliphatic carbocycles. The molecule has 0 saturated carbocycles. The van der Waals surface area contributed by atoms with Gasteiger partial charge in [0.15, 0.2) is 23.2 Å². The van der Waals surface area contributed by atoms with Crippen molar-refractivity contribution in [3.8, 4) is 11.5 Å². The van der Waals surface area contributed by atoms with Crippen LogP contribution in [0.3, 0.4) is 0 Å². The number of alkyl halides is 3. The van der Waals surface area contributed by atoms with Crippen molar-refractivity contribution >= 4 is 97.1 Å². The molecule has 0 bridgehead atoms. The molecule has 3 amide bonds. The number of ether oxygens (including phenoxy) is 3. The Balaban J connectivity index is 0.000000332. The van der Waals surface area contributed by atoms with E-state index in [0.717, 1.165) is 107 Å². The third-order valence-electron chi connectivity index (χ3n) is 14.8. The third kappa shape index (κ3) is 41.0. The van der Waals surface area contributed by atoms with Crippen LogP contribution in [-0.4, -0.2) is 194 Å². The zero-order chi connectivity index (χ0) is 82.7. The van der Waals surface area contributed by atoms with Crippen LogP contribution in [0, 0.1) is 20.8 Å². The fraction of sp³-hybridized carbons (Fsp3) is 0.370. The first-order chi connectivity index (χ1) is 52.3. The number of benzene rings is 6. The number of halogens is 3. The number of sulfonamides is 1. The number of ketones is 3. The van der Waals surface area contributed by atoms with Crippen LogP contribution in [0.25, 0.3) is 22.4 Å². The number of phenols is 1. The number of morpholine rings is 2. The average molecular weight is 1570 g/mol. The highest BCUT2D eigenvalue weighted by Crippen LogP contribution is 2.39. The first-order valence-corrected chi connectivity index (χ1v) is 37.9. The van der Waals surface area contributed by atoms with Gasteiger partial charge in [-0.05, 0) is 143 Å². The number of fused-ring (bicyclic) bond motifs is 1. The largest absolute Gasteiger partial charge is 0.507 e. The van der Waals surface area contributed by atoms with E-state index in [1.165, 1.54) is 49.5 Å². The molecular formula is C81H105F3N14O11S2. The van der Waals surface area contributed by atoms with E-state index in [1.807, 2.05) is 129 Å². The van der Waals surface area contributed by atoms with Crippen LogP contribution in [0.1, 0.15) is 135 Å². The molecule has 598 valence electrons. The maximum atomic E-state index is 12.3. The fourth-order valence-electron chi connectivity index (χ4n) is 9.04. The summed E-state index contributed by atoms with van der Waals surface area (Å²) in [6.45, 7) is 31.9. The Hall–Kier alpha value is -10.8. The van der Waals surface area contributed by atoms with E-state index in [0.29, 0.717) is 30.5 Å². The van der Waals surface area contributed by atoms with Crippen LogP contribution in [-0.2, 0) is 50.9 Å². The summed E-state index contributed by atoms with van der Waals surface area (Å²) in [5.74, 6) is 2.27. The minimum absolute atomic E-state index is 0.0390. The Bertz CT molecular complexity index is 4430. The summed E-state index contributed by atoms with van der Waals surface area (Å²) < 4.78 is 77.8. The molecule has 2 aliphatic heterocycles. The Morgan fingerprint density at radius 1 is 0.685 bits per heavy atom. The van der Waals surface area contributed by atoms with Crippen molar-refractivity contribution < 1.29 is 64.9 Å². The van der Waals surface area contributed by atoms with Gasteiger partial charge in [-0.15, -0.1) is 21.5 Å². The Kier molecular flexibility index (Phi) is 41.4. The van der Waals surface area contributed by atoms with Crippen molar-refractivity contribution in [1.29, 1.82) is 0 Å². The highest BCUT2D eigenvalue weighted by atomic mass is 32.2. The summed E-state index contributed by atoms with van der Waals surface area (Å²) >= 11 is 1.74. The van der Waals surface area contributed by atoms with Gasteiger partial charge in [0.2, 0.25) is 21.9 Å². The number of aromatic nitrogens is 7. The summed E-state index contributed by atoms with van der Waals surface area (Å²) in [6, 6.07) is 42.4. The number of likely N-dealkylation sites (N-methyl/N-ethyl adjacent to an activating group) is 1. The number of methoxy groups -OCH3 is 1. The number of aryl methyl sites for hydroxylation is 3. The van der Waals surface area contributed by atoms with Crippen molar-refractivity contribution in [2.45, 2.75) is 107 Å². The number of hydrogen-bond donors (Lipinski definition) is 5. The number of rotatable bonds is 13. The molecule has 0 radical (unpaired) electrons. The fourth-order valence-corrected chi connectivity index (χ4v) is 10.3. The maximum absolute atomic E-state index is 12.3. The highest BCUT2D eigenvalue weighted by Gasteiger charge is 2.31. The number of anilines is 2. The summed E-state index contributed by atoms with van der Waals surface area (Å²) in [4.78, 5) is 78.2. The van der Waals surface area contributed by atoms with Crippen molar-refractivity contribution in [2.24, 2.45) is 9.98 Å². The van der Waals surface area contributed by atoms with Crippen molar-refractivity contribution in [3.63, 3.8) is 0 Å². The summed E-state index contributed by atoms with van der Waals surface area (Å²) in [5, 5.41) is 29.0. The lowest BCUT2D eigenvalue weighted by Gasteiger charge is -2.27. The van der Waals surface area contributed by atoms with Crippen molar-refractivity contribution in [3.05, 3.63) is 213 Å². The molecule has 11 rings (SSSR count). The van der Waals surface area contributed by atoms with E-state index < -0.39 is 27.8 Å². The standard InChI is InChI=1S/C18H27NO2.C14H15N3O3S.C11H13NO.C9H9F3N2O.C8H7NS.C8H8O.C6H11NO2.C5H11NO.C2H4N4/c1-12(20)10-19-11-13-8-14(17(2,3)4)16(21)15(9-13)18(5,6)7;1-20-13-7-4-11(5-8-13)3-6-12-9-10-15-14(16-12)17-21(2,18)19;1-9-3-5-11(6-4-9)8-12-7-10(2)13;1-13-8(15)14-7-4-2-3-6(5-7)9(10,11)12;1-6-9-7-4-2-3-5-8(7)10-6;1-7(9)8-5-3-2-4-6-8;1-6(8)7-2-4-9-5-3-7;1-6-2-4-7-5-3-6;1-2-3-5-6-4-2/h8-9,11,21H,10H2,1-7H3;3-10H,1-2H3,(H,15,16,17);3-6,8H,7H2,1-2H3;2-5H,1H3,(H2,13,14,15);2-5H,1H3;2-6H,1H3;2-5H2,1H3;2-5H2,1H3;1H3,(H,3,4,5,6)/b;6-3+;;;;;;;. The number of phenolic OH excluding ortho intramolecular Hbond substituents is 1. The molecule has 6 aromatic carbocycles. The lowest BCUT2D eigenvalue weighted by atomic mass is 9.78. The van der Waals surface area contributed by atoms with Crippen molar-refractivity contribution in [2.75, 3.05) is 103 Å². The quantitative estimate of drug-likeness (QED) is 0.0529. The van der Waals surface area contributed by atoms with Gasteiger partial charge in [0, 0.05) is 81.2 Å². The van der Waals surface area contributed by atoms with Gasteiger partial charge in [-0.2, -0.15) is 18.4 Å².